The summed E-state index contributed by atoms with van der Waals surface area (Å²) in [6, 6.07) is 5.14. The van der Waals surface area contributed by atoms with Crippen molar-refractivity contribution in [1.82, 2.24) is 4.98 Å². The summed E-state index contributed by atoms with van der Waals surface area (Å²) < 4.78 is 12.5. The van der Waals surface area contributed by atoms with Gasteiger partial charge in [-0.05, 0) is 25.1 Å². The van der Waals surface area contributed by atoms with Gasteiger partial charge in [0.25, 0.3) is 0 Å². The molecule has 0 aliphatic carbocycles. The third-order valence-corrected chi connectivity index (χ3v) is 2.43. The molecule has 0 radical (unpaired) electrons. The monoisotopic (exact) mass is 167 g/mol. The van der Waals surface area contributed by atoms with Crippen molar-refractivity contribution in [3.05, 3.63) is 29.0 Å². The van der Waals surface area contributed by atoms with Gasteiger partial charge in [-0.25, -0.2) is 4.98 Å². The van der Waals surface area contributed by atoms with Gasteiger partial charge < -0.3 is 0 Å². The lowest BCUT2D eigenvalue weighted by atomic mass is 10.3. The van der Waals surface area contributed by atoms with Gasteiger partial charge in [-0.3, -0.25) is 0 Å². The molecule has 0 aromatic carbocycles. The van der Waals surface area contributed by atoms with Gasteiger partial charge in [-0.2, -0.15) is 4.39 Å². The third-order valence-electron chi connectivity index (χ3n) is 1.47. The standard InChI is InChI=1S/C8H6FNS/c1-5-4-6-2-3-7(9)10-8(6)11-5/h2-4H,1H3. The van der Waals surface area contributed by atoms with Crippen molar-refractivity contribution in [3.63, 3.8) is 0 Å². The minimum Gasteiger partial charge on any atom is -0.209 e. The molecule has 0 saturated heterocycles. The fraction of sp³-hybridized carbons (Fsp3) is 0.125. The fourth-order valence-corrected chi connectivity index (χ4v) is 1.89. The van der Waals surface area contributed by atoms with Crippen LogP contribution in [0.15, 0.2) is 18.2 Å². The molecule has 2 heterocycles. The predicted molar refractivity (Wildman–Crippen MR) is 44.3 cm³/mol. The van der Waals surface area contributed by atoms with Crippen molar-refractivity contribution in [2.75, 3.05) is 0 Å². The maximum Gasteiger partial charge on any atom is 0.214 e. The van der Waals surface area contributed by atoms with Crippen molar-refractivity contribution in [1.29, 1.82) is 0 Å². The van der Waals surface area contributed by atoms with Crippen molar-refractivity contribution in [2.24, 2.45) is 0 Å². The first-order chi connectivity index (χ1) is 5.25. The van der Waals surface area contributed by atoms with E-state index in [1.807, 2.05) is 13.0 Å². The highest BCUT2D eigenvalue weighted by molar-refractivity contribution is 7.18. The number of hydrogen-bond donors (Lipinski definition) is 0. The van der Waals surface area contributed by atoms with Crippen LogP contribution in [0, 0.1) is 12.9 Å². The number of rotatable bonds is 0. The molecule has 0 saturated carbocycles. The maximum atomic E-state index is 12.5. The summed E-state index contributed by atoms with van der Waals surface area (Å²) in [6.07, 6.45) is 0. The van der Waals surface area contributed by atoms with Gasteiger partial charge in [0.1, 0.15) is 4.83 Å². The molecule has 0 fully saturated rings. The molecule has 2 aromatic rings. The van der Waals surface area contributed by atoms with E-state index in [2.05, 4.69) is 4.98 Å². The molecule has 3 heteroatoms. The molecule has 0 amide bonds. The van der Waals surface area contributed by atoms with Crippen LogP contribution in [0.2, 0.25) is 0 Å². The lowest BCUT2D eigenvalue weighted by Crippen LogP contribution is -1.77. The molecule has 0 atom stereocenters. The number of halogens is 1. The van der Waals surface area contributed by atoms with E-state index >= 15 is 0 Å². The second-order valence-electron chi connectivity index (χ2n) is 2.39. The summed E-state index contributed by atoms with van der Waals surface area (Å²) in [7, 11) is 0. The minimum atomic E-state index is -0.403. The Bertz CT molecular complexity index is 394. The Morgan fingerprint density at radius 3 is 3.09 bits per heavy atom. The largest absolute Gasteiger partial charge is 0.214 e. The fourth-order valence-electron chi connectivity index (χ4n) is 1.02. The SMILES string of the molecule is Cc1cc2ccc(F)nc2s1. The predicted octanol–water partition coefficient (Wildman–Crippen LogP) is 2.74. The molecule has 0 unspecified atom stereocenters. The van der Waals surface area contributed by atoms with Crippen LogP contribution >= 0.6 is 11.3 Å². The lowest BCUT2D eigenvalue weighted by Gasteiger charge is -1.85. The first-order valence-corrected chi connectivity index (χ1v) is 4.10. The molecule has 0 aliphatic heterocycles. The molecule has 2 rings (SSSR count). The van der Waals surface area contributed by atoms with E-state index in [9.17, 15) is 4.39 Å². The van der Waals surface area contributed by atoms with Gasteiger partial charge in [-0.15, -0.1) is 11.3 Å². The Balaban J connectivity index is 2.82. The number of hydrogen-bond acceptors (Lipinski definition) is 2. The molecule has 0 bridgehead atoms. The Hall–Kier alpha value is -0.960. The zero-order valence-electron chi connectivity index (χ0n) is 5.97. The Kier molecular flexibility index (Phi) is 1.39. The summed E-state index contributed by atoms with van der Waals surface area (Å²) >= 11 is 1.52. The number of aryl methyl sites for hydroxylation is 1. The number of thiophene rings is 1. The molecule has 1 nitrogen and oxygen atoms in total. The first-order valence-electron chi connectivity index (χ1n) is 3.28. The highest BCUT2D eigenvalue weighted by atomic mass is 32.1. The third kappa shape index (κ3) is 1.12. The Labute approximate surface area is 67.5 Å². The van der Waals surface area contributed by atoms with Crippen LogP contribution in [0.3, 0.4) is 0 Å². The average molecular weight is 167 g/mol. The smallest absolute Gasteiger partial charge is 0.209 e. The lowest BCUT2D eigenvalue weighted by molar-refractivity contribution is 0.590. The van der Waals surface area contributed by atoms with Gasteiger partial charge >= 0.3 is 0 Å². The number of nitrogens with zero attached hydrogens (tertiary/aromatic N) is 1. The second kappa shape index (κ2) is 2.27. The Morgan fingerprint density at radius 1 is 1.45 bits per heavy atom. The van der Waals surface area contributed by atoms with Gasteiger partial charge in [0, 0.05) is 10.3 Å². The Morgan fingerprint density at radius 2 is 2.27 bits per heavy atom. The van der Waals surface area contributed by atoms with E-state index < -0.39 is 5.95 Å². The molecular weight excluding hydrogens is 161 g/mol. The van der Waals surface area contributed by atoms with Crippen LogP contribution in [0.5, 0.6) is 0 Å². The molecular formula is C8H6FNS. The van der Waals surface area contributed by atoms with Crippen molar-refractivity contribution >= 4 is 21.6 Å². The topological polar surface area (TPSA) is 12.9 Å². The normalized spacial score (nSPS) is 10.7. The average Bonchev–Trinajstić information content (AvgIpc) is 2.27. The van der Waals surface area contributed by atoms with Gasteiger partial charge in [0.15, 0.2) is 0 Å². The molecule has 0 spiro atoms. The van der Waals surface area contributed by atoms with Crippen molar-refractivity contribution < 1.29 is 4.39 Å². The van der Waals surface area contributed by atoms with Crippen LogP contribution in [0.25, 0.3) is 10.2 Å². The van der Waals surface area contributed by atoms with Crippen molar-refractivity contribution in [3.8, 4) is 0 Å². The second-order valence-corrected chi connectivity index (χ2v) is 3.62. The molecule has 0 N–H and O–H groups in total. The zero-order chi connectivity index (χ0) is 7.84. The summed E-state index contributed by atoms with van der Waals surface area (Å²) in [4.78, 5) is 5.69. The van der Waals surface area contributed by atoms with Crippen LogP contribution in [0.4, 0.5) is 4.39 Å². The van der Waals surface area contributed by atoms with Crippen LogP contribution in [0.1, 0.15) is 4.88 Å². The first kappa shape index (κ1) is 6.73. The van der Waals surface area contributed by atoms with Crippen LogP contribution in [-0.2, 0) is 0 Å². The van der Waals surface area contributed by atoms with Crippen molar-refractivity contribution in [2.45, 2.75) is 6.92 Å². The van der Waals surface area contributed by atoms with Crippen LogP contribution < -0.4 is 0 Å². The molecule has 0 aliphatic rings. The molecule has 11 heavy (non-hydrogen) atoms. The van der Waals surface area contributed by atoms with Gasteiger partial charge in [0.2, 0.25) is 5.95 Å². The van der Waals surface area contributed by atoms with E-state index in [0.717, 1.165) is 15.1 Å². The maximum absolute atomic E-state index is 12.5. The van der Waals surface area contributed by atoms with E-state index in [4.69, 9.17) is 0 Å². The summed E-state index contributed by atoms with van der Waals surface area (Å²) in [5.41, 5.74) is 0. The van der Waals surface area contributed by atoms with Gasteiger partial charge in [0.05, 0.1) is 0 Å². The van der Waals surface area contributed by atoms with E-state index in [-0.39, 0.29) is 0 Å². The number of pyridine rings is 1. The van der Waals surface area contributed by atoms with Crippen LogP contribution in [-0.4, -0.2) is 4.98 Å². The summed E-state index contributed by atoms with van der Waals surface area (Å²) in [5, 5.41) is 1.02. The quantitative estimate of drug-likeness (QED) is 0.550. The highest BCUT2D eigenvalue weighted by Gasteiger charge is 1.99. The van der Waals surface area contributed by atoms with Gasteiger partial charge in [-0.1, -0.05) is 0 Å². The number of fused-ring (bicyclic) bond motifs is 1. The van der Waals surface area contributed by atoms with E-state index in [1.165, 1.54) is 17.4 Å². The minimum absolute atomic E-state index is 0.403. The highest BCUT2D eigenvalue weighted by Crippen LogP contribution is 2.22. The number of aromatic nitrogens is 1. The molecule has 56 valence electrons. The summed E-state index contributed by atoms with van der Waals surface area (Å²) in [6.45, 7) is 1.99. The molecule has 2 aromatic heterocycles. The van der Waals surface area contributed by atoms with E-state index in [1.54, 1.807) is 6.07 Å². The summed E-state index contributed by atoms with van der Waals surface area (Å²) in [5.74, 6) is -0.403. The van der Waals surface area contributed by atoms with E-state index in [0.29, 0.717) is 0 Å². The zero-order valence-corrected chi connectivity index (χ0v) is 6.78.